The lowest BCUT2D eigenvalue weighted by Crippen LogP contribution is -2.23. The smallest absolute Gasteiger partial charge is 0.417 e. The Bertz CT molecular complexity index is 1060. The van der Waals surface area contributed by atoms with Crippen LogP contribution < -0.4 is 10.1 Å². The van der Waals surface area contributed by atoms with Crippen LogP contribution >= 0.6 is 23.4 Å². The lowest BCUT2D eigenvalue weighted by molar-refractivity contribution is -0.137. The van der Waals surface area contributed by atoms with Crippen molar-refractivity contribution < 1.29 is 22.7 Å². The van der Waals surface area contributed by atoms with Crippen LogP contribution in [0.25, 0.3) is 5.69 Å². The first-order valence-corrected chi connectivity index (χ1v) is 9.83. The molecule has 158 valence electrons. The SMILES string of the molecule is COc1cccc(-n2cnnc2SC(C)C(=O)Nc2ccc(Cl)c(C(F)(F)F)c2)c1. The number of amides is 1. The highest BCUT2D eigenvalue weighted by Gasteiger charge is 2.33. The molecule has 11 heteroatoms. The van der Waals surface area contributed by atoms with Gasteiger partial charge in [-0.2, -0.15) is 13.2 Å². The number of anilines is 1. The molecule has 3 aromatic rings. The van der Waals surface area contributed by atoms with Crippen LogP contribution in [0.3, 0.4) is 0 Å². The highest BCUT2D eigenvalue weighted by Crippen LogP contribution is 2.36. The standard InChI is InChI=1S/C19H16ClF3N4O2S/c1-11(17(28)25-12-6-7-16(20)15(8-12)19(21,22)23)30-18-26-24-10-27(18)13-4-3-5-14(9-13)29-2/h3-11H,1-2H3,(H,25,28). The number of hydrogen-bond donors (Lipinski definition) is 1. The Labute approximate surface area is 179 Å². The molecule has 0 saturated carbocycles. The fraction of sp³-hybridized carbons (Fsp3) is 0.211. The van der Waals surface area contributed by atoms with E-state index in [4.69, 9.17) is 16.3 Å². The third-order valence-electron chi connectivity index (χ3n) is 4.04. The van der Waals surface area contributed by atoms with Gasteiger partial charge < -0.3 is 10.1 Å². The molecule has 0 radical (unpaired) electrons. The number of carbonyl (C=O) groups excluding carboxylic acids is 1. The molecular formula is C19H16ClF3N4O2S. The number of nitrogens with one attached hydrogen (secondary N) is 1. The second-order valence-electron chi connectivity index (χ2n) is 6.13. The minimum Gasteiger partial charge on any atom is -0.497 e. The van der Waals surface area contributed by atoms with Crippen LogP contribution in [0.5, 0.6) is 5.75 Å². The van der Waals surface area contributed by atoms with Gasteiger partial charge in [0.2, 0.25) is 5.91 Å². The van der Waals surface area contributed by atoms with Crippen molar-refractivity contribution in [3.8, 4) is 11.4 Å². The van der Waals surface area contributed by atoms with Crippen LogP contribution in [0, 0.1) is 0 Å². The van der Waals surface area contributed by atoms with E-state index in [0.717, 1.165) is 29.6 Å². The predicted octanol–water partition coefficient (Wildman–Crippen LogP) is 5.07. The van der Waals surface area contributed by atoms with Crippen LogP contribution in [-0.4, -0.2) is 33.0 Å². The average Bonchev–Trinajstić information content (AvgIpc) is 3.16. The number of thioether (sulfide) groups is 1. The van der Waals surface area contributed by atoms with Crippen molar-refractivity contribution in [2.75, 3.05) is 12.4 Å². The first-order valence-electron chi connectivity index (χ1n) is 8.57. The molecule has 0 saturated heterocycles. The summed E-state index contributed by atoms with van der Waals surface area (Å²) >= 11 is 6.72. The molecule has 1 heterocycles. The van der Waals surface area contributed by atoms with E-state index in [1.807, 2.05) is 6.07 Å². The highest BCUT2D eigenvalue weighted by atomic mass is 35.5. The van der Waals surface area contributed by atoms with E-state index < -0.39 is 27.9 Å². The van der Waals surface area contributed by atoms with Crippen molar-refractivity contribution in [1.29, 1.82) is 0 Å². The molecular weight excluding hydrogens is 441 g/mol. The normalized spacial score (nSPS) is 12.5. The third kappa shape index (κ3) is 5.06. The number of hydrogen-bond acceptors (Lipinski definition) is 5. The maximum absolute atomic E-state index is 13.0. The Kier molecular flexibility index (Phi) is 6.57. The number of nitrogens with zero attached hydrogens (tertiary/aromatic N) is 3. The van der Waals surface area contributed by atoms with E-state index in [9.17, 15) is 18.0 Å². The molecule has 1 aromatic heterocycles. The van der Waals surface area contributed by atoms with Gasteiger partial charge in [-0.15, -0.1) is 10.2 Å². The van der Waals surface area contributed by atoms with E-state index in [2.05, 4.69) is 15.5 Å². The molecule has 3 rings (SSSR count). The zero-order valence-electron chi connectivity index (χ0n) is 15.8. The Morgan fingerprint density at radius 2 is 2.03 bits per heavy atom. The molecule has 1 N–H and O–H groups in total. The topological polar surface area (TPSA) is 69.0 Å². The van der Waals surface area contributed by atoms with Gasteiger partial charge in [0, 0.05) is 11.8 Å². The molecule has 1 unspecified atom stereocenters. The van der Waals surface area contributed by atoms with Crippen LogP contribution in [-0.2, 0) is 11.0 Å². The van der Waals surface area contributed by atoms with Crippen LogP contribution in [0.2, 0.25) is 5.02 Å². The van der Waals surface area contributed by atoms with E-state index in [-0.39, 0.29) is 5.69 Å². The fourth-order valence-electron chi connectivity index (χ4n) is 2.52. The van der Waals surface area contributed by atoms with Crippen molar-refractivity contribution in [3.05, 3.63) is 59.4 Å². The maximum atomic E-state index is 13.0. The number of benzene rings is 2. The van der Waals surface area contributed by atoms with E-state index in [1.165, 1.54) is 12.4 Å². The third-order valence-corrected chi connectivity index (χ3v) is 5.43. The number of rotatable bonds is 6. The van der Waals surface area contributed by atoms with Gasteiger partial charge in [-0.1, -0.05) is 29.4 Å². The fourth-order valence-corrected chi connectivity index (χ4v) is 3.59. The summed E-state index contributed by atoms with van der Waals surface area (Å²) in [4.78, 5) is 12.5. The Morgan fingerprint density at radius 1 is 1.27 bits per heavy atom. The Hall–Kier alpha value is -2.72. The van der Waals surface area contributed by atoms with E-state index in [1.54, 1.807) is 36.8 Å². The Balaban J connectivity index is 1.74. The number of alkyl halides is 3. The van der Waals surface area contributed by atoms with Crippen molar-refractivity contribution in [1.82, 2.24) is 14.8 Å². The van der Waals surface area contributed by atoms with Crippen LogP contribution in [0.15, 0.2) is 53.9 Å². The summed E-state index contributed by atoms with van der Waals surface area (Å²) in [6.45, 7) is 1.62. The molecule has 0 fully saturated rings. The minimum absolute atomic E-state index is 0.00145. The second kappa shape index (κ2) is 8.97. The molecule has 6 nitrogen and oxygen atoms in total. The number of carbonyl (C=O) groups is 1. The largest absolute Gasteiger partial charge is 0.497 e. The minimum atomic E-state index is -4.62. The first-order chi connectivity index (χ1) is 14.2. The summed E-state index contributed by atoms with van der Waals surface area (Å²) in [5.74, 6) is 0.154. The van der Waals surface area contributed by atoms with Crippen molar-refractivity contribution in [2.45, 2.75) is 23.5 Å². The average molecular weight is 457 g/mol. The zero-order valence-corrected chi connectivity index (χ0v) is 17.3. The van der Waals surface area contributed by atoms with E-state index in [0.29, 0.717) is 10.9 Å². The molecule has 2 aromatic carbocycles. The zero-order chi connectivity index (χ0) is 21.9. The van der Waals surface area contributed by atoms with Gasteiger partial charge in [-0.3, -0.25) is 9.36 Å². The summed E-state index contributed by atoms with van der Waals surface area (Å²) in [5.41, 5.74) is -0.277. The summed E-state index contributed by atoms with van der Waals surface area (Å²) in [6, 6.07) is 10.4. The second-order valence-corrected chi connectivity index (χ2v) is 7.84. The lowest BCUT2D eigenvalue weighted by Gasteiger charge is -2.15. The van der Waals surface area contributed by atoms with Crippen molar-refractivity contribution >= 4 is 35.0 Å². The van der Waals surface area contributed by atoms with Gasteiger partial charge >= 0.3 is 6.18 Å². The molecule has 0 aliphatic rings. The molecule has 0 bridgehead atoms. The van der Waals surface area contributed by atoms with Gasteiger partial charge in [-0.25, -0.2) is 0 Å². The molecule has 1 amide bonds. The summed E-state index contributed by atoms with van der Waals surface area (Å²) in [7, 11) is 1.55. The van der Waals surface area contributed by atoms with Crippen LogP contribution in [0.1, 0.15) is 12.5 Å². The maximum Gasteiger partial charge on any atom is 0.417 e. The van der Waals surface area contributed by atoms with Crippen molar-refractivity contribution in [3.63, 3.8) is 0 Å². The van der Waals surface area contributed by atoms with Gasteiger partial charge in [-0.05, 0) is 37.3 Å². The van der Waals surface area contributed by atoms with E-state index >= 15 is 0 Å². The van der Waals surface area contributed by atoms with Gasteiger partial charge in [0.25, 0.3) is 0 Å². The Morgan fingerprint density at radius 3 is 2.73 bits per heavy atom. The quantitative estimate of drug-likeness (QED) is 0.524. The predicted molar refractivity (Wildman–Crippen MR) is 108 cm³/mol. The number of aromatic nitrogens is 3. The molecule has 0 aliphatic carbocycles. The number of halogens is 4. The summed E-state index contributed by atoms with van der Waals surface area (Å²) in [5, 5.41) is 9.72. The lowest BCUT2D eigenvalue weighted by atomic mass is 10.2. The monoisotopic (exact) mass is 456 g/mol. The molecule has 0 aliphatic heterocycles. The highest BCUT2D eigenvalue weighted by molar-refractivity contribution is 8.00. The molecule has 30 heavy (non-hydrogen) atoms. The molecule has 1 atom stereocenters. The number of methoxy groups -OCH3 is 1. The van der Waals surface area contributed by atoms with Crippen LogP contribution in [0.4, 0.5) is 18.9 Å². The van der Waals surface area contributed by atoms with Gasteiger partial charge in [0.15, 0.2) is 5.16 Å². The number of ether oxygens (including phenoxy) is 1. The van der Waals surface area contributed by atoms with Crippen molar-refractivity contribution in [2.24, 2.45) is 0 Å². The summed E-state index contributed by atoms with van der Waals surface area (Å²) in [6.07, 6.45) is -3.12. The summed E-state index contributed by atoms with van der Waals surface area (Å²) < 4.78 is 45.9. The van der Waals surface area contributed by atoms with Gasteiger partial charge in [0.05, 0.1) is 28.6 Å². The first kappa shape index (κ1) is 22.0. The molecule has 0 spiro atoms. The van der Waals surface area contributed by atoms with Gasteiger partial charge in [0.1, 0.15) is 12.1 Å².